The maximum absolute atomic E-state index is 5.94. The van der Waals surface area contributed by atoms with Gasteiger partial charge in [0, 0.05) is 31.5 Å². The zero-order chi connectivity index (χ0) is 11.9. The molecule has 0 radical (unpaired) electrons. The van der Waals surface area contributed by atoms with Gasteiger partial charge in [0.1, 0.15) is 5.82 Å². The van der Waals surface area contributed by atoms with Crippen LogP contribution in [0.2, 0.25) is 5.02 Å². The van der Waals surface area contributed by atoms with Gasteiger partial charge in [-0.25, -0.2) is 9.97 Å². The molecule has 92 valence electrons. The summed E-state index contributed by atoms with van der Waals surface area (Å²) in [4.78, 5) is 11.3. The van der Waals surface area contributed by atoms with E-state index in [2.05, 4.69) is 14.9 Å². The maximum Gasteiger partial charge on any atom is 0.148 e. The summed E-state index contributed by atoms with van der Waals surface area (Å²) in [5, 5.41) is 0.602. The Kier molecular flexibility index (Phi) is 2.81. The highest BCUT2D eigenvalue weighted by Gasteiger charge is 2.52. The predicted octanol–water partition coefficient (Wildman–Crippen LogP) is 1.54. The fraction of sp³-hybridized carbons (Fsp3) is 0.667. The number of halogens is 1. The van der Waals surface area contributed by atoms with Crippen LogP contribution in [0.15, 0.2) is 12.4 Å². The van der Waals surface area contributed by atoms with Crippen LogP contribution in [0.1, 0.15) is 31.5 Å². The van der Waals surface area contributed by atoms with E-state index < -0.39 is 0 Å². The highest BCUT2D eigenvalue weighted by atomic mass is 35.5. The summed E-state index contributed by atoms with van der Waals surface area (Å²) in [7, 11) is 0. The van der Waals surface area contributed by atoms with Gasteiger partial charge in [-0.15, -0.1) is 0 Å². The van der Waals surface area contributed by atoms with Gasteiger partial charge < -0.3 is 5.73 Å². The van der Waals surface area contributed by atoms with Crippen molar-refractivity contribution in [3.05, 3.63) is 23.2 Å². The Morgan fingerprint density at radius 1 is 1.24 bits per heavy atom. The van der Waals surface area contributed by atoms with Crippen LogP contribution in [0.4, 0.5) is 0 Å². The SMILES string of the molecule is NC1CCN(C2(c3ncc(Cl)cn3)CC2)CC1. The molecule has 3 rings (SSSR count). The van der Waals surface area contributed by atoms with E-state index in [4.69, 9.17) is 17.3 Å². The van der Waals surface area contributed by atoms with E-state index in [0.29, 0.717) is 11.1 Å². The highest BCUT2D eigenvalue weighted by molar-refractivity contribution is 6.30. The standard InChI is InChI=1S/C12H17ClN4/c13-9-7-15-11(16-8-9)12(3-4-12)17-5-1-10(14)2-6-17/h7-8,10H,1-6,14H2. The number of rotatable bonds is 2. The van der Waals surface area contributed by atoms with Gasteiger partial charge in [-0.1, -0.05) is 11.6 Å². The fourth-order valence-corrected chi connectivity index (χ4v) is 2.78. The number of piperidine rings is 1. The molecule has 17 heavy (non-hydrogen) atoms. The van der Waals surface area contributed by atoms with E-state index >= 15 is 0 Å². The Morgan fingerprint density at radius 2 is 1.82 bits per heavy atom. The second-order valence-electron chi connectivity index (χ2n) is 5.08. The molecule has 0 bridgehead atoms. The number of hydrogen-bond acceptors (Lipinski definition) is 4. The number of likely N-dealkylation sites (tertiary alicyclic amines) is 1. The van der Waals surface area contributed by atoms with Crippen molar-refractivity contribution < 1.29 is 0 Å². The van der Waals surface area contributed by atoms with Crippen molar-refractivity contribution in [2.75, 3.05) is 13.1 Å². The topological polar surface area (TPSA) is 55.0 Å². The summed E-state index contributed by atoms with van der Waals surface area (Å²) in [6.07, 6.45) is 7.86. The molecule has 2 aliphatic rings. The molecule has 1 aliphatic carbocycles. The van der Waals surface area contributed by atoms with E-state index in [1.54, 1.807) is 12.4 Å². The molecule has 1 aromatic heterocycles. The lowest BCUT2D eigenvalue weighted by Crippen LogP contribution is -2.45. The molecule has 4 nitrogen and oxygen atoms in total. The quantitative estimate of drug-likeness (QED) is 0.868. The third-order valence-electron chi connectivity index (χ3n) is 3.91. The summed E-state index contributed by atoms with van der Waals surface area (Å²) < 4.78 is 0. The Balaban J connectivity index is 1.79. The summed E-state index contributed by atoms with van der Waals surface area (Å²) >= 11 is 5.83. The first kappa shape index (κ1) is 11.4. The minimum atomic E-state index is 0.0880. The van der Waals surface area contributed by atoms with Crippen molar-refractivity contribution in [3.63, 3.8) is 0 Å². The normalized spacial score (nSPS) is 24.8. The molecule has 1 aromatic rings. The van der Waals surface area contributed by atoms with Crippen molar-refractivity contribution in [2.24, 2.45) is 5.73 Å². The van der Waals surface area contributed by atoms with E-state index in [1.165, 1.54) is 0 Å². The van der Waals surface area contributed by atoms with Gasteiger partial charge in [0.15, 0.2) is 0 Å². The molecule has 1 saturated carbocycles. The molecule has 1 saturated heterocycles. The second-order valence-corrected chi connectivity index (χ2v) is 5.52. The molecule has 5 heteroatoms. The van der Waals surface area contributed by atoms with Gasteiger partial charge in [-0.05, 0) is 25.7 Å². The van der Waals surface area contributed by atoms with Crippen LogP contribution in [-0.4, -0.2) is 34.0 Å². The molecule has 2 N–H and O–H groups in total. The van der Waals surface area contributed by atoms with Gasteiger partial charge >= 0.3 is 0 Å². The zero-order valence-corrected chi connectivity index (χ0v) is 10.5. The van der Waals surface area contributed by atoms with Crippen LogP contribution < -0.4 is 5.73 Å². The van der Waals surface area contributed by atoms with Crippen molar-refractivity contribution in [2.45, 2.75) is 37.3 Å². The molecule has 0 spiro atoms. The molecule has 0 amide bonds. The van der Waals surface area contributed by atoms with Gasteiger partial charge in [-0.2, -0.15) is 0 Å². The second kappa shape index (κ2) is 4.19. The lowest BCUT2D eigenvalue weighted by atomic mass is 10.0. The van der Waals surface area contributed by atoms with Gasteiger partial charge in [0.05, 0.1) is 10.6 Å². The van der Waals surface area contributed by atoms with E-state index in [1.807, 2.05) is 0 Å². The lowest BCUT2D eigenvalue weighted by molar-refractivity contribution is 0.129. The predicted molar refractivity (Wildman–Crippen MR) is 66.7 cm³/mol. The molecule has 1 aliphatic heterocycles. The Labute approximate surface area is 106 Å². The fourth-order valence-electron chi connectivity index (χ4n) is 2.68. The van der Waals surface area contributed by atoms with Crippen LogP contribution in [0, 0.1) is 0 Å². The van der Waals surface area contributed by atoms with Crippen LogP contribution in [0.5, 0.6) is 0 Å². The van der Waals surface area contributed by atoms with E-state index in [-0.39, 0.29) is 5.54 Å². The first-order valence-corrected chi connectivity index (χ1v) is 6.57. The maximum atomic E-state index is 5.94. The number of hydrogen-bond donors (Lipinski definition) is 1. The van der Waals surface area contributed by atoms with E-state index in [9.17, 15) is 0 Å². The number of nitrogens with zero attached hydrogens (tertiary/aromatic N) is 3. The monoisotopic (exact) mass is 252 g/mol. The molecule has 0 aromatic carbocycles. The molecule has 0 atom stereocenters. The Morgan fingerprint density at radius 3 is 2.35 bits per heavy atom. The minimum absolute atomic E-state index is 0.0880. The molecule has 0 unspecified atom stereocenters. The Hall–Kier alpha value is -0.710. The Bertz CT molecular complexity index is 393. The lowest BCUT2D eigenvalue weighted by Gasteiger charge is -2.36. The van der Waals surface area contributed by atoms with Gasteiger partial charge in [-0.3, -0.25) is 4.90 Å². The summed E-state index contributed by atoms with van der Waals surface area (Å²) in [5.74, 6) is 0.928. The minimum Gasteiger partial charge on any atom is -0.328 e. The summed E-state index contributed by atoms with van der Waals surface area (Å²) in [6, 6.07) is 0.369. The third-order valence-corrected chi connectivity index (χ3v) is 4.10. The number of nitrogens with two attached hydrogens (primary N) is 1. The smallest absolute Gasteiger partial charge is 0.148 e. The van der Waals surface area contributed by atoms with Crippen molar-refractivity contribution in [1.82, 2.24) is 14.9 Å². The molecular weight excluding hydrogens is 236 g/mol. The summed E-state index contributed by atoms with van der Waals surface area (Å²) in [5.41, 5.74) is 6.03. The van der Waals surface area contributed by atoms with Crippen LogP contribution in [0.3, 0.4) is 0 Å². The summed E-state index contributed by atoms with van der Waals surface area (Å²) in [6.45, 7) is 2.13. The average Bonchev–Trinajstić information content (AvgIpc) is 3.12. The average molecular weight is 253 g/mol. The third kappa shape index (κ3) is 2.05. The van der Waals surface area contributed by atoms with Crippen LogP contribution in [0.25, 0.3) is 0 Å². The molecular formula is C12H17ClN4. The molecule has 2 heterocycles. The first-order chi connectivity index (χ1) is 8.21. The molecule has 2 fully saturated rings. The highest BCUT2D eigenvalue weighted by Crippen LogP contribution is 2.50. The largest absolute Gasteiger partial charge is 0.328 e. The van der Waals surface area contributed by atoms with Crippen molar-refractivity contribution >= 4 is 11.6 Å². The van der Waals surface area contributed by atoms with Crippen LogP contribution >= 0.6 is 11.6 Å². The van der Waals surface area contributed by atoms with Gasteiger partial charge in [0.2, 0.25) is 0 Å². The van der Waals surface area contributed by atoms with Crippen molar-refractivity contribution in [3.8, 4) is 0 Å². The van der Waals surface area contributed by atoms with Crippen molar-refractivity contribution in [1.29, 1.82) is 0 Å². The zero-order valence-electron chi connectivity index (χ0n) is 9.77. The van der Waals surface area contributed by atoms with E-state index in [0.717, 1.165) is 44.6 Å². The first-order valence-electron chi connectivity index (χ1n) is 6.19. The van der Waals surface area contributed by atoms with Gasteiger partial charge in [0.25, 0.3) is 0 Å². The van der Waals surface area contributed by atoms with Crippen LogP contribution in [-0.2, 0) is 5.54 Å². The number of aromatic nitrogens is 2.